The van der Waals surface area contributed by atoms with E-state index < -0.39 is 0 Å². The quantitative estimate of drug-likeness (QED) is 0.673. The molecular formula is C16H18N8S. The lowest BCUT2D eigenvalue weighted by Crippen LogP contribution is -2.51. The van der Waals surface area contributed by atoms with Crippen molar-refractivity contribution in [1.29, 1.82) is 0 Å². The first-order chi connectivity index (χ1) is 12.3. The number of H-pyrrole nitrogens is 1. The molecular weight excluding hydrogens is 336 g/mol. The van der Waals surface area contributed by atoms with Crippen LogP contribution < -0.4 is 10.2 Å². The highest BCUT2D eigenvalue weighted by Crippen LogP contribution is 2.20. The summed E-state index contributed by atoms with van der Waals surface area (Å²) in [6.07, 6.45) is 6.82. The van der Waals surface area contributed by atoms with Crippen LogP contribution in [-0.4, -0.2) is 61.1 Å². The summed E-state index contributed by atoms with van der Waals surface area (Å²) < 4.78 is 0. The van der Waals surface area contributed by atoms with Gasteiger partial charge in [0.2, 0.25) is 0 Å². The van der Waals surface area contributed by atoms with Gasteiger partial charge in [-0.2, -0.15) is 0 Å². The zero-order valence-electron chi connectivity index (χ0n) is 13.6. The molecule has 0 radical (unpaired) electrons. The van der Waals surface area contributed by atoms with Gasteiger partial charge in [0.25, 0.3) is 0 Å². The maximum atomic E-state index is 5.53. The van der Waals surface area contributed by atoms with Gasteiger partial charge in [-0.05, 0) is 23.8 Å². The number of rotatable bonds is 3. The Bertz CT molecular complexity index is 857. The SMILES string of the molecule is S=C(NCc1cccnc1)N1CCN(c2ncnc3nc[nH]c23)CC1. The van der Waals surface area contributed by atoms with Gasteiger partial charge in [0.15, 0.2) is 16.6 Å². The average Bonchev–Trinajstić information content (AvgIpc) is 3.16. The second-order valence-corrected chi connectivity index (χ2v) is 6.18. The number of pyridine rings is 1. The van der Waals surface area contributed by atoms with Gasteiger partial charge >= 0.3 is 0 Å². The van der Waals surface area contributed by atoms with Gasteiger partial charge in [0.05, 0.1) is 6.33 Å². The minimum Gasteiger partial charge on any atom is -0.358 e. The second kappa shape index (κ2) is 6.98. The summed E-state index contributed by atoms with van der Waals surface area (Å²) >= 11 is 5.53. The number of anilines is 1. The third-order valence-corrected chi connectivity index (χ3v) is 4.64. The zero-order valence-corrected chi connectivity index (χ0v) is 14.4. The van der Waals surface area contributed by atoms with Gasteiger partial charge in [-0.3, -0.25) is 4.98 Å². The van der Waals surface area contributed by atoms with E-state index in [2.05, 4.69) is 40.0 Å². The summed E-state index contributed by atoms with van der Waals surface area (Å²) in [6, 6.07) is 3.96. The summed E-state index contributed by atoms with van der Waals surface area (Å²) in [4.78, 5) is 24.4. The van der Waals surface area contributed by atoms with E-state index in [0.717, 1.165) is 48.2 Å². The average molecular weight is 354 g/mol. The van der Waals surface area contributed by atoms with Crippen molar-refractivity contribution in [1.82, 2.24) is 35.1 Å². The van der Waals surface area contributed by atoms with Crippen molar-refractivity contribution in [2.75, 3.05) is 31.1 Å². The largest absolute Gasteiger partial charge is 0.358 e. The molecule has 9 heteroatoms. The lowest BCUT2D eigenvalue weighted by molar-refractivity contribution is 0.379. The molecule has 4 heterocycles. The Kier molecular flexibility index (Phi) is 4.38. The summed E-state index contributed by atoms with van der Waals surface area (Å²) in [6.45, 7) is 4.07. The first-order valence-corrected chi connectivity index (χ1v) is 8.53. The van der Waals surface area contributed by atoms with Crippen LogP contribution in [0.4, 0.5) is 5.82 Å². The fourth-order valence-corrected chi connectivity index (χ4v) is 3.16. The molecule has 0 amide bonds. The van der Waals surface area contributed by atoms with Crippen molar-refractivity contribution in [3.63, 3.8) is 0 Å². The molecule has 0 spiro atoms. The molecule has 0 bridgehead atoms. The molecule has 0 atom stereocenters. The number of aromatic amines is 1. The molecule has 8 nitrogen and oxygen atoms in total. The standard InChI is InChI=1S/C16H18N8S/c25-16(18-9-12-2-1-3-17-8-12)24-6-4-23(5-7-24)15-13-14(20-10-19-13)21-11-22-15/h1-3,8,10-11H,4-7,9H2,(H,18,25)(H,19,20,21,22). The van der Waals surface area contributed by atoms with Crippen LogP contribution in [0, 0.1) is 0 Å². The summed E-state index contributed by atoms with van der Waals surface area (Å²) in [5, 5.41) is 4.08. The number of hydrogen-bond donors (Lipinski definition) is 2. The van der Waals surface area contributed by atoms with E-state index in [1.54, 1.807) is 18.9 Å². The number of fused-ring (bicyclic) bond motifs is 1. The topological polar surface area (TPSA) is 85.9 Å². The Morgan fingerprint density at radius 1 is 1.20 bits per heavy atom. The molecule has 4 rings (SSSR count). The molecule has 0 aliphatic carbocycles. The van der Waals surface area contributed by atoms with Crippen molar-refractivity contribution in [2.24, 2.45) is 0 Å². The van der Waals surface area contributed by atoms with Crippen molar-refractivity contribution in [2.45, 2.75) is 6.54 Å². The molecule has 25 heavy (non-hydrogen) atoms. The Morgan fingerprint density at radius 2 is 2.08 bits per heavy atom. The Labute approximate surface area is 150 Å². The zero-order chi connectivity index (χ0) is 17.1. The second-order valence-electron chi connectivity index (χ2n) is 5.79. The van der Waals surface area contributed by atoms with Crippen LogP contribution in [0.3, 0.4) is 0 Å². The minimum atomic E-state index is 0.688. The number of nitrogens with zero attached hydrogens (tertiary/aromatic N) is 6. The number of piperazine rings is 1. The Balaban J connectivity index is 1.35. The van der Waals surface area contributed by atoms with Crippen molar-refractivity contribution >= 4 is 34.3 Å². The summed E-state index contributed by atoms with van der Waals surface area (Å²) in [5.41, 5.74) is 2.69. The number of imidazole rings is 1. The monoisotopic (exact) mass is 354 g/mol. The van der Waals surface area contributed by atoms with E-state index in [1.165, 1.54) is 0 Å². The van der Waals surface area contributed by atoms with E-state index in [0.29, 0.717) is 12.2 Å². The lowest BCUT2D eigenvalue weighted by atomic mass is 10.3. The highest BCUT2D eigenvalue weighted by Gasteiger charge is 2.22. The van der Waals surface area contributed by atoms with Crippen LogP contribution in [0.5, 0.6) is 0 Å². The van der Waals surface area contributed by atoms with E-state index in [1.807, 2.05) is 18.3 Å². The molecule has 0 aromatic carbocycles. The van der Waals surface area contributed by atoms with E-state index >= 15 is 0 Å². The first kappa shape index (κ1) is 15.7. The number of hydrogen-bond acceptors (Lipinski definition) is 6. The highest BCUT2D eigenvalue weighted by atomic mass is 32.1. The maximum Gasteiger partial charge on any atom is 0.182 e. The number of aromatic nitrogens is 5. The molecule has 3 aromatic heterocycles. The smallest absolute Gasteiger partial charge is 0.182 e. The number of nitrogens with one attached hydrogen (secondary N) is 2. The first-order valence-electron chi connectivity index (χ1n) is 8.12. The van der Waals surface area contributed by atoms with E-state index in [9.17, 15) is 0 Å². The summed E-state index contributed by atoms with van der Waals surface area (Å²) in [7, 11) is 0. The molecule has 2 N–H and O–H groups in total. The van der Waals surface area contributed by atoms with Crippen LogP contribution in [0.15, 0.2) is 37.2 Å². The van der Waals surface area contributed by atoms with Crippen molar-refractivity contribution < 1.29 is 0 Å². The third-order valence-electron chi connectivity index (χ3n) is 4.24. The van der Waals surface area contributed by atoms with E-state index in [-0.39, 0.29) is 0 Å². The highest BCUT2D eigenvalue weighted by molar-refractivity contribution is 7.80. The van der Waals surface area contributed by atoms with Crippen LogP contribution in [-0.2, 0) is 6.54 Å². The van der Waals surface area contributed by atoms with Gasteiger partial charge in [-0.25, -0.2) is 15.0 Å². The fraction of sp³-hybridized carbons (Fsp3) is 0.312. The maximum absolute atomic E-state index is 5.53. The molecule has 0 unspecified atom stereocenters. The van der Waals surface area contributed by atoms with E-state index in [4.69, 9.17) is 12.2 Å². The molecule has 1 fully saturated rings. The molecule has 0 saturated carbocycles. The van der Waals surface area contributed by atoms with Crippen LogP contribution in [0.25, 0.3) is 11.2 Å². The van der Waals surface area contributed by atoms with Gasteiger partial charge in [0, 0.05) is 45.1 Å². The van der Waals surface area contributed by atoms with Crippen LogP contribution in [0.1, 0.15) is 5.56 Å². The van der Waals surface area contributed by atoms with Crippen LogP contribution >= 0.6 is 12.2 Å². The van der Waals surface area contributed by atoms with Crippen molar-refractivity contribution in [3.05, 3.63) is 42.7 Å². The van der Waals surface area contributed by atoms with Gasteiger partial charge in [-0.15, -0.1) is 0 Å². The van der Waals surface area contributed by atoms with Gasteiger partial charge < -0.3 is 20.1 Å². The fourth-order valence-electron chi connectivity index (χ4n) is 2.91. The number of thiocarbonyl (C=S) groups is 1. The molecule has 1 saturated heterocycles. The molecule has 128 valence electrons. The molecule has 1 aliphatic heterocycles. The predicted octanol–water partition coefficient (Wildman–Crippen LogP) is 0.945. The normalized spacial score (nSPS) is 14.7. The minimum absolute atomic E-state index is 0.688. The third kappa shape index (κ3) is 3.36. The van der Waals surface area contributed by atoms with Crippen molar-refractivity contribution in [3.8, 4) is 0 Å². The Hall–Kier alpha value is -2.81. The Morgan fingerprint density at radius 3 is 2.88 bits per heavy atom. The lowest BCUT2D eigenvalue weighted by Gasteiger charge is -2.36. The van der Waals surface area contributed by atoms with Crippen LogP contribution in [0.2, 0.25) is 0 Å². The van der Waals surface area contributed by atoms with Gasteiger partial charge in [0.1, 0.15) is 11.8 Å². The molecule has 1 aliphatic rings. The predicted molar refractivity (Wildman–Crippen MR) is 99.1 cm³/mol. The van der Waals surface area contributed by atoms with Gasteiger partial charge in [-0.1, -0.05) is 6.07 Å². The molecule has 3 aromatic rings. The summed E-state index contributed by atoms with van der Waals surface area (Å²) in [5.74, 6) is 0.899.